The number of nitrogens with zero attached hydrogens (tertiary/aromatic N) is 2. The Bertz CT molecular complexity index is 1570. The van der Waals surface area contributed by atoms with Gasteiger partial charge in [-0.1, -0.05) is 84.9 Å². The minimum atomic E-state index is -1.08. The van der Waals surface area contributed by atoms with Crippen molar-refractivity contribution in [2.75, 3.05) is 0 Å². The van der Waals surface area contributed by atoms with E-state index in [0.29, 0.717) is 0 Å². The maximum Gasteiger partial charge on any atom is 0.326 e. The Hall–Kier alpha value is -4.97. The summed E-state index contributed by atoms with van der Waals surface area (Å²) in [5.74, 6) is -1.57. The van der Waals surface area contributed by atoms with Crippen LogP contribution in [0.4, 0.5) is 0 Å². The molecule has 0 aliphatic rings. The lowest BCUT2D eigenvalue weighted by Gasteiger charge is -2.13. The molecule has 0 unspecified atom stereocenters. The van der Waals surface area contributed by atoms with Gasteiger partial charge in [-0.25, -0.2) is 9.48 Å². The van der Waals surface area contributed by atoms with Crippen LogP contribution in [0.5, 0.6) is 0 Å². The number of amides is 1. The molecule has 1 heterocycles. The van der Waals surface area contributed by atoms with E-state index < -0.39 is 17.9 Å². The van der Waals surface area contributed by atoms with Gasteiger partial charge in [-0.3, -0.25) is 4.79 Å². The summed E-state index contributed by atoms with van der Waals surface area (Å²) >= 11 is 0. The molecule has 4 aromatic carbocycles. The Labute approximate surface area is 214 Å². The van der Waals surface area contributed by atoms with Gasteiger partial charge in [-0.2, -0.15) is 5.10 Å². The van der Waals surface area contributed by atoms with Crippen molar-refractivity contribution in [1.29, 1.82) is 0 Å². The van der Waals surface area contributed by atoms with Crippen LogP contribution in [-0.4, -0.2) is 32.8 Å². The van der Waals surface area contributed by atoms with Crippen LogP contribution in [0.15, 0.2) is 115 Å². The van der Waals surface area contributed by atoms with Crippen molar-refractivity contribution in [2.24, 2.45) is 0 Å². The molecule has 37 heavy (non-hydrogen) atoms. The Morgan fingerprint density at radius 2 is 1.54 bits per heavy atom. The average molecular weight is 488 g/mol. The lowest BCUT2D eigenvalue weighted by Crippen LogP contribution is -2.41. The smallest absolute Gasteiger partial charge is 0.326 e. The monoisotopic (exact) mass is 487 g/mol. The zero-order chi connectivity index (χ0) is 25.6. The summed E-state index contributed by atoms with van der Waals surface area (Å²) in [5, 5.41) is 19.3. The number of aromatic nitrogens is 2. The second-order valence-corrected chi connectivity index (χ2v) is 8.70. The molecule has 0 radical (unpaired) electrons. The van der Waals surface area contributed by atoms with Crippen LogP contribution in [0.1, 0.15) is 11.1 Å². The summed E-state index contributed by atoms with van der Waals surface area (Å²) in [6.45, 7) is 0. The molecule has 0 aliphatic heterocycles. The number of carbonyl (C=O) groups excluding carboxylic acids is 1. The van der Waals surface area contributed by atoms with E-state index in [4.69, 9.17) is 5.10 Å². The van der Waals surface area contributed by atoms with Crippen LogP contribution in [0.2, 0.25) is 0 Å². The fourth-order valence-corrected chi connectivity index (χ4v) is 4.22. The molecule has 5 rings (SSSR count). The third-order valence-electron chi connectivity index (χ3n) is 6.10. The van der Waals surface area contributed by atoms with Crippen LogP contribution < -0.4 is 5.32 Å². The van der Waals surface area contributed by atoms with Crippen LogP contribution in [0.25, 0.3) is 33.8 Å². The van der Waals surface area contributed by atoms with Gasteiger partial charge in [-0.05, 0) is 40.6 Å². The van der Waals surface area contributed by atoms with Gasteiger partial charge in [0.05, 0.1) is 11.4 Å². The molecule has 6 nitrogen and oxygen atoms in total. The molecule has 6 heteroatoms. The number of benzene rings is 4. The molecule has 0 fully saturated rings. The first-order chi connectivity index (χ1) is 18.1. The van der Waals surface area contributed by atoms with Gasteiger partial charge < -0.3 is 10.4 Å². The largest absolute Gasteiger partial charge is 0.480 e. The van der Waals surface area contributed by atoms with Crippen LogP contribution in [0, 0.1) is 0 Å². The van der Waals surface area contributed by atoms with Crippen LogP contribution in [0.3, 0.4) is 0 Å². The summed E-state index contributed by atoms with van der Waals surface area (Å²) in [4.78, 5) is 24.5. The van der Waals surface area contributed by atoms with Crippen molar-refractivity contribution < 1.29 is 14.7 Å². The van der Waals surface area contributed by atoms with Gasteiger partial charge in [0.2, 0.25) is 5.91 Å². The lowest BCUT2D eigenvalue weighted by molar-refractivity contribution is -0.141. The van der Waals surface area contributed by atoms with E-state index in [0.717, 1.165) is 38.8 Å². The standard InChI is InChI=1S/C31H25N3O3/c35-29(32-28(31(36)37)19-22-9-3-1-4-10-22)18-17-26-21-34(27-13-5-2-6-14-27)33-30(26)25-16-15-23-11-7-8-12-24(23)20-25/h1-18,20-21,28H,19H2,(H,32,35)(H,36,37)/t28-/m1/s1. The van der Waals surface area contributed by atoms with Gasteiger partial charge >= 0.3 is 5.97 Å². The topological polar surface area (TPSA) is 84.2 Å². The van der Waals surface area contributed by atoms with E-state index in [1.165, 1.54) is 6.08 Å². The lowest BCUT2D eigenvalue weighted by atomic mass is 10.0. The van der Waals surface area contributed by atoms with Gasteiger partial charge in [0.25, 0.3) is 0 Å². The molecular formula is C31H25N3O3. The fourth-order valence-electron chi connectivity index (χ4n) is 4.22. The summed E-state index contributed by atoms with van der Waals surface area (Å²) in [7, 11) is 0. The summed E-state index contributed by atoms with van der Waals surface area (Å²) < 4.78 is 1.78. The number of rotatable bonds is 8. The maximum absolute atomic E-state index is 12.7. The molecule has 0 saturated heterocycles. The number of fused-ring (bicyclic) bond motifs is 1. The van der Waals surface area contributed by atoms with Crippen molar-refractivity contribution in [3.63, 3.8) is 0 Å². The molecule has 2 N–H and O–H groups in total. The van der Waals surface area contributed by atoms with Crippen molar-refractivity contribution in [3.8, 4) is 16.9 Å². The molecule has 182 valence electrons. The maximum atomic E-state index is 12.7. The number of aliphatic carboxylic acids is 1. The predicted molar refractivity (Wildman–Crippen MR) is 145 cm³/mol. The highest BCUT2D eigenvalue weighted by Gasteiger charge is 2.19. The molecular weight excluding hydrogens is 462 g/mol. The molecule has 5 aromatic rings. The molecule has 1 amide bonds. The third kappa shape index (κ3) is 5.65. The number of carboxylic acids is 1. The first-order valence-corrected chi connectivity index (χ1v) is 12.0. The van der Waals surface area contributed by atoms with Gasteiger partial charge in [-0.15, -0.1) is 0 Å². The zero-order valence-electron chi connectivity index (χ0n) is 20.0. The Morgan fingerprint density at radius 1 is 0.865 bits per heavy atom. The molecule has 0 aliphatic carbocycles. The number of para-hydroxylation sites is 1. The minimum absolute atomic E-state index is 0.198. The minimum Gasteiger partial charge on any atom is -0.480 e. The Kier molecular flexibility index (Phi) is 6.90. The third-order valence-corrected chi connectivity index (χ3v) is 6.10. The molecule has 1 atom stereocenters. The average Bonchev–Trinajstić information content (AvgIpc) is 3.37. The number of carboxylic acid groups (broad SMARTS) is 1. The van der Waals surface area contributed by atoms with E-state index >= 15 is 0 Å². The first kappa shape index (κ1) is 23.8. The van der Waals surface area contributed by atoms with Gasteiger partial charge in [0.1, 0.15) is 6.04 Å². The second-order valence-electron chi connectivity index (χ2n) is 8.70. The van der Waals surface area contributed by atoms with Crippen LogP contribution in [-0.2, 0) is 16.0 Å². The first-order valence-electron chi connectivity index (χ1n) is 12.0. The molecule has 0 bridgehead atoms. The SMILES string of the molecule is O=C(C=Cc1cn(-c2ccccc2)nc1-c1ccc2ccccc2c1)N[C@H](Cc1ccccc1)C(=O)O. The van der Waals surface area contributed by atoms with Crippen molar-refractivity contribution in [2.45, 2.75) is 12.5 Å². The number of hydrogen-bond acceptors (Lipinski definition) is 3. The highest BCUT2D eigenvalue weighted by Crippen LogP contribution is 2.28. The number of nitrogens with one attached hydrogen (secondary N) is 1. The predicted octanol–water partition coefficient (Wildman–Crippen LogP) is 5.52. The summed E-state index contributed by atoms with van der Waals surface area (Å²) in [5.41, 5.74) is 4.10. The molecule has 0 saturated carbocycles. The van der Waals surface area contributed by atoms with Gasteiger partial charge in [0, 0.05) is 29.8 Å². The van der Waals surface area contributed by atoms with Crippen molar-refractivity contribution in [1.82, 2.24) is 15.1 Å². The van der Waals surface area contributed by atoms with E-state index in [9.17, 15) is 14.7 Å². The Balaban J connectivity index is 1.44. The highest BCUT2D eigenvalue weighted by atomic mass is 16.4. The highest BCUT2D eigenvalue weighted by molar-refractivity contribution is 5.95. The van der Waals surface area contributed by atoms with E-state index in [1.807, 2.05) is 91.1 Å². The van der Waals surface area contributed by atoms with Gasteiger partial charge in [0.15, 0.2) is 0 Å². The Morgan fingerprint density at radius 3 is 2.27 bits per heavy atom. The van der Waals surface area contributed by atoms with E-state index in [2.05, 4.69) is 23.5 Å². The number of hydrogen-bond donors (Lipinski definition) is 2. The van der Waals surface area contributed by atoms with E-state index in [1.54, 1.807) is 10.8 Å². The van der Waals surface area contributed by atoms with Crippen molar-refractivity contribution >= 4 is 28.7 Å². The second kappa shape index (κ2) is 10.7. The quantitative estimate of drug-likeness (QED) is 0.282. The fraction of sp³-hybridized carbons (Fsp3) is 0.0645. The number of carbonyl (C=O) groups is 2. The van der Waals surface area contributed by atoms with Crippen LogP contribution >= 0.6 is 0 Å². The summed E-state index contributed by atoms with van der Waals surface area (Å²) in [6, 6.07) is 32.2. The summed E-state index contributed by atoms with van der Waals surface area (Å²) in [6.07, 6.45) is 5.10. The molecule has 0 spiro atoms. The van der Waals surface area contributed by atoms with E-state index in [-0.39, 0.29) is 6.42 Å². The zero-order valence-corrected chi connectivity index (χ0v) is 20.0. The molecule has 1 aromatic heterocycles. The van der Waals surface area contributed by atoms with Crippen molar-refractivity contribution in [3.05, 3.63) is 127 Å². The normalized spacial score (nSPS) is 12.0.